The van der Waals surface area contributed by atoms with E-state index in [4.69, 9.17) is 0 Å². The summed E-state index contributed by atoms with van der Waals surface area (Å²) in [7, 11) is 1.77. The second-order valence-corrected chi connectivity index (χ2v) is 7.86. The van der Waals surface area contributed by atoms with E-state index in [0.29, 0.717) is 29.1 Å². The molecule has 4 heterocycles. The molecule has 0 spiro atoms. The zero-order chi connectivity index (χ0) is 20.1. The summed E-state index contributed by atoms with van der Waals surface area (Å²) in [5.74, 6) is 0.193. The van der Waals surface area contributed by atoms with Crippen molar-refractivity contribution in [2.45, 2.75) is 25.9 Å². The second kappa shape index (κ2) is 6.70. The van der Waals surface area contributed by atoms with Crippen LogP contribution in [0.25, 0.3) is 21.9 Å². The lowest BCUT2D eigenvalue weighted by Crippen LogP contribution is -2.54. The molecule has 150 valence electrons. The molecule has 9 heteroatoms. The number of pyridine rings is 1. The summed E-state index contributed by atoms with van der Waals surface area (Å²) in [6, 6.07) is 6.18. The zero-order valence-corrected chi connectivity index (χ0v) is 16.6. The van der Waals surface area contributed by atoms with E-state index in [2.05, 4.69) is 55.7 Å². The SMILES string of the molecule is C[C@H]1CN(c2cnc3c(Nc4cc(F)c5nn(C)cc5c4)n[nH]c3c2)C[C@H](C)N1. The molecule has 29 heavy (non-hydrogen) atoms. The van der Waals surface area contributed by atoms with E-state index in [1.165, 1.54) is 6.07 Å². The van der Waals surface area contributed by atoms with Crippen molar-refractivity contribution in [1.82, 2.24) is 30.3 Å². The minimum Gasteiger partial charge on any atom is -0.367 e. The van der Waals surface area contributed by atoms with E-state index < -0.39 is 0 Å². The van der Waals surface area contributed by atoms with Gasteiger partial charge in [0.2, 0.25) is 0 Å². The van der Waals surface area contributed by atoms with E-state index >= 15 is 0 Å². The van der Waals surface area contributed by atoms with Gasteiger partial charge in [-0.05, 0) is 32.0 Å². The summed E-state index contributed by atoms with van der Waals surface area (Å²) in [5, 5.41) is 19.0. The zero-order valence-electron chi connectivity index (χ0n) is 16.6. The lowest BCUT2D eigenvalue weighted by atomic mass is 10.1. The lowest BCUT2D eigenvalue weighted by molar-refractivity contribution is 0.407. The summed E-state index contributed by atoms with van der Waals surface area (Å²) in [5.41, 5.74) is 3.58. The highest BCUT2D eigenvalue weighted by Gasteiger charge is 2.22. The lowest BCUT2D eigenvalue weighted by Gasteiger charge is -2.37. The number of benzene rings is 1. The summed E-state index contributed by atoms with van der Waals surface area (Å²) in [6.45, 7) is 6.23. The number of halogens is 1. The maximum Gasteiger partial charge on any atom is 0.178 e. The maximum atomic E-state index is 14.4. The van der Waals surface area contributed by atoms with E-state index in [1.807, 2.05) is 12.3 Å². The molecule has 1 aliphatic heterocycles. The predicted molar refractivity (Wildman–Crippen MR) is 112 cm³/mol. The van der Waals surface area contributed by atoms with Crippen LogP contribution < -0.4 is 15.5 Å². The number of aromatic amines is 1. The van der Waals surface area contributed by atoms with Gasteiger partial charge in [-0.2, -0.15) is 10.2 Å². The minimum absolute atomic E-state index is 0.354. The van der Waals surface area contributed by atoms with Gasteiger partial charge in [0, 0.05) is 49.5 Å². The number of H-pyrrole nitrogens is 1. The molecule has 0 aliphatic carbocycles. The first kappa shape index (κ1) is 17.9. The van der Waals surface area contributed by atoms with Gasteiger partial charge in [0.1, 0.15) is 11.0 Å². The number of aromatic nitrogens is 5. The Morgan fingerprint density at radius 3 is 2.72 bits per heavy atom. The highest BCUT2D eigenvalue weighted by atomic mass is 19.1. The Morgan fingerprint density at radius 2 is 1.93 bits per heavy atom. The molecule has 0 bridgehead atoms. The normalized spacial score (nSPS) is 19.9. The molecule has 5 rings (SSSR count). The number of piperazine rings is 1. The Labute approximate surface area is 167 Å². The fourth-order valence-corrected chi connectivity index (χ4v) is 4.12. The smallest absolute Gasteiger partial charge is 0.178 e. The van der Waals surface area contributed by atoms with E-state index in [0.717, 1.165) is 35.2 Å². The van der Waals surface area contributed by atoms with Crippen LogP contribution in [0.15, 0.2) is 30.6 Å². The van der Waals surface area contributed by atoms with Gasteiger partial charge in [-0.3, -0.25) is 9.78 Å². The number of nitrogens with zero attached hydrogens (tertiary/aromatic N) is 5. The van der Waals surface area contributed by atoms with Crippen molar-refractivity contribution in [2.24, 2.45) is 7.05 Å². The largest absolute Gasteiger partial charge is 0.367 e. The number of anilines is 3. The molecule has 8 nitrogen and oxygen atoms in total. The highest BCUT2D eigenvalue weighted by molar-refractivity contribution is 5.91. The van der Waals surface area contributed by atoms with Gasteiger partial charge in [0.25, 0.3) is 0 Å². The predicted octanol–water partition coefficient (Wildman–Crippen LogP) is 2.91. The molecular formula is C20H23FN8. The van der Waals surface area contributed by atoms with Crippen LogP contribution in [0.2, 0.25) is 0 Å². The second-order valence-electron chi connectivity index (χ2n) is 7.86. The molecule has 1 saturated heterocycles. The molecule has 3 aromatic heterocycles. The molecule has 0 unspecified atom stereocenters. The van der Waals surface area contributed by atoms with Crippen LogP contribution >= 0.6 is 0 Å². The first-order valence-corrected chi connectivity index (χ1v) is 9.71. The number of aryl methyl sites for hydroxylation is 1. The average molecular weight is 394 g/mol. The third-order valence-corrected chi connectivity index (χ3v) is 5.25. The third-order valence-electron chi connectivity index (χ3n) is 5.25. The molecular weight excluding hydrogens is 371 g/mol. The quantitative estimate of drug-likeness (QED) is 0.495. The molecule has 0 radical (unpaired) electrons. The Hall–Kier alpha value is -3.20. The molecule has 3 N–H and O–H groups in total. The Balaban J connectivity index is 1.44. The number of hydrogen-bond acceptors (Lipinski definition) is 6. The van der Waals surface area contributed by atoms with E-state index in [-0.39, 0.29) is 5.82 Å². The van der Waals surface area contributed by atoms with Gasteiger partial charge < -0.3 is 15.5 Å². The van der Waals surface area contributed by atoms with Crippen molar-refractivity contribution in [3.05, 3.63) is 36.4 Å². The van der Waals surface area contributed by atoms with Crippen LogP contribution in [0, 0.1) is 5.82 Å². The molecule has 4 aromatic rings. The average Bonchev–Trinajstić information content (AvgIpc) is 3.24. The van der Waals surface area contributed by atoms with Crippen LogP contribution in [-0.4, -0.2) is 50.1 Å². The van der Waals surface area contributed by atoms with Gasteiger partial charge >= 0.3 is 0 Å². The van der Waals surface area contributed by atoms with Crippen molar-refractivity contribution < 1.29 is 4.39 Å². The van der Waals surface area contributed by atoms with Crippen molar-refractivity contribution in [2.75, 3.05) is 23.3 Å². The summed E-state index contributed by atoms with van der Waals surface area (Å²) in [6.07, 6.45) is 3.66. The fraction of sp³-hybridized carbons (Fsp3) is 0.350. The highest BCUT2D eigenvalue weighted by Crippen LogP contribution is 2.28. The van der Waals surface area contributed by atoms with Crippen molar-refractivity contribution in [3.8, 4) is 0 Å². The van der Waals surface area contributed by atoms with Crippen LogP contribution in [0.1, 0.15) is 13.8 Å². The van der Waals surface area contributed by atoms with Crippen molar-refractivity contribution in [3.63, 3.8) is 0 Å². The number of rotatable bonds is 3. The summed E-state index contributed by atoms with van der Waals surface area (Å²) in [4.78, 5) is 6.95. The van der Waals surface area contributed by atoms with Crippen LogP contribution in [0.3, 0.4) is 0 Å². The van der Waals surface area contributed by atoms with Gasteiger partial charge in [0.15, 0.2) is 11.6 Å². The monoisotopic (exact) mass is 394 g/mol. The molecule has 1 fully saturated rings. The Morgan fingerprint density at radius 1 is 1.14 bits per heavy atom. The van der Waals surface area contributed by atoms with Crippen LogP contribution in [0.4, 0.5) is 21.6 Å². The Kier molecular flexibility index (Phi) is 4.13. The van der Waals surface area contributed by atoms with Crippen molar-refractivity contribution in [1.29, 1.82) is 0 Å². The standard InChI is InChI=1S/C20H23FN8/c1-11-8-29(9-12(2)23-11)15-6-17-19(22-7-15)20(26-25-17)24-14-4-13-10-28(3)27-18(13)16(21)5-14/h4-7,10-12,23H,8-9H2,1-3H3,(H2,24,25,26)/t11-,12-/m0/s1. The molecule has 0 saturated carbocycles. The summed E-state index contributed by atoms with van der Waals surface area (Å²) < 4.78 is 16.0. The first-order valence-electron chi connectivity index (χ1n) is 9.71. The minimum atomic E-state index is -0.373. The van der Waals surface area contributed by atoms with Gasteiger partial charge in [-0.25, -0.2) is 9.37 Å². The van der Waals surface area contributed by atoms with E-state index in [1.54, 1.807) is 17.9 Å². The number of hydrogen-bond donors (Lipinski definition) is 3. The van der Waals surface area contributed by atoms with Crippen LogP contribution in [-0.2, 0) is 7.05 Å². The third kappa shape index (κ3) is 3.27. The number of fused-ring (bicyclic) bond motifs is 2. The van der Waals surface area contributed by atoms with Crippen molar-refractivity contribution >= 4 is 39.1 Å². The molecule has 0 amide bonds. The topological polar surface area (TPSA) is 86.7 Å². The van der Waals surface area contributed by atoms with Crippen LogP contribution in [0.5, 0.6) is 0 Å². The number of nitrogens with one attached hydrogen (secondary N) is 3. The maximum absolute atomic E-state index is 14.4. The first-order chi connectivity index (χ1) is 14.0. The molecule has 1 aromatic carbocycles. The van der Waals surface area contributed by atoms with Gasteiger partial charge in [-0.15, -0.1) is 0 Å². The van der Waals surface area contributed by atoms with E-state index in [9.17, 15) is 4.39 Å². The summed E-state index contributed by atoms with van der Waals surface area (Å²) >= 11 is 0. The fourth-order valence-electron chi connectivity index (χ4n) is 4.12. The molecule has 2 atom stereocenters. The Bertz CT molecular complexity index is 1190. The molecule has 1 aliphatic rings. The van der Waals surface area contributed by atoms with Gasteiger partial charge in [-0.1, -0.05) is 0 Å². The van der Waals surface area contributed by atoms with Gasteiger partial charge in [0.05, 0.1) is 17.4 Å².